The Balaban J connectivity index is 1.89. The number of ether oxygens (including phenoxy) is 2. The minimum atomic E-state index is -1.26. The van der Waals surface area contributed by atoms with Crippen LogP contribution in [0.5, 0.6) is 5.75 Å². The molecule has 39 heavy (non-hydrogen) atoms. The molecule has 0 radical (unpaired) electrons. The second-order valence-electron chi connectivity index (χ2n) is 8.28. The van der Waals surface area contributed by atoms with Crippen LogP contribution in [0.15, 0.2) is 66.8 Å². The first kappa shape index (κ1) is 27.2. The van der Waals surface area contributed by atoms with Crippen molar-refractivity contribution in [2.24, 2.45) is 0 Å². The number of nitro benzene ring substituents is 1. The zero-order valence-corrected chi connectivity index (χ0v) is 21.8. The number of nitro groups is 1. The number of carbonyl (C=O) groups excluding carboxylic acids is 3. The van der Waals surface area contributed by atoms with E-state index in [4.69, 9.17) is 9.47 Å². The van der Waals surface area contributed by atoms with Gasteiger partial charge in [0, 0.05) is 17.7 Å². The third-order valence-electron chi connectivity index (χ3n) is 5.79. The van der Waals surface area contributed by atoms with E-state index in [0.717, 1.165) is 16.2 Å². The van der Waals surface area contributed by atoms with E-state index in [2.05, 4.69) is 11.6 Å². The Morgan fingerprint density at radius 2 is 1.97 bits per heavy atom. The van der Waals surface area contributed by atoms with Gasteiger partial charge < -0.3 is 14.6 Å². The maximum absolute atomic E-state index is 13.4. The first-order valence-corrected chi connectivity index (χ1v) is 12.5. The molecule has 3 aromatic rings. The fourth-order valence-corrected chi connectivity index (χ4v) is 5.03. The first-order valence-electron chi connectivity index (χ1n) is 11.7. The normalized spacial score (nSPS) is 16.3. The minimum absolute atomic E-state index is 0.00128. The van der Waals surface area contributed by atoms with Gasteiger partial charge in [0.05, 0.1) is 28.8 Å². The number of hydrogen-bond acceptors (Lipinski definition) is 10. The number of anilines is 1. The fraction of sp³-hybridized carbons (Fsp3) is 0.185. The maximum Gasteiger partial charge on any atom is 0.350 e. The van der Waals surface area contributed by atoms with Crippen molar-refractivity contribution < 1.29 is 33.9 Å². The van der Waals surface area contributed by atoms with Crippen molar-refractivity contribution >= 4 is 45.6 Å². The van der Waals surface area contributed by atoms with Gasteiger partial charge in [0.2, 0.25) is 0 Å². The average Bonchev–Trinajstić information content (AvgIpc) is 3.44. The molecular weight excluding hydrogens is 526 g/mol. The molecule has 11 nitrogen and oxygen atoms in total. The predicted molar refractivity (Wildman–Crippen MR) is 143 cm³/mol. The number of esters is 1. The number of nitrogens with zero attached hydrogens (tertiary/aromatic N) is 3. The lowest BCUT2D eigenvalue weighted by atomic mass is 9.95. The number of amides is 1. The molecule has 1 unspecified atom stereocenters. The molecular formula is C27H23N3O8S. The van der Waals surface area contributed by atoms with Gasteiger partial charge in [-0.3, -0.25) is 24.6 Å². The van der Waals surface area contributed by atoms with Gasteiger partial charge in [0.1, 0.15) is 23.0 Å². The van der Waals surface area contributed by atoms with Gasteiger partial charge in [0.15, 0.2) is 5.13 Å². The fourth-order valence-electron chi connectivity index (χ4n) is 4.04. The summed E-state index contributed by atoms with van der Waals surface area (Å²) in [5.74, 6) is -2.65. The second kappa shape index (κ2) is 11.3. The van der Waals surface area contributed by atoms with Crippen molar-refractivity contribution in [3.63, 3.8) is 0 Å². The van der Waals surface area contributed by atoms with Gasteiger partial charge in [-0.05, 0) is 43.7 Å². The molecule has 12 heteroatoms. The van der Waals surface area contributed by atoms with Gasteiger partial charge in [-0.15, -0.1) is 0 Å². The molecule has 1 N–H and O–H groups in total. The quantitative estimate of drug-likeness (QED) is 0.0760. The van der Waals surface area contributed by atoms with Crippen LogP contribution >= 0.6 is 11.3 Å². The standard InChI is InChI=1S/C27H23N3O8S/c1-4-13-38-19-11-9-16(10-12-19)22(31)20-21(17-7-6-8-18(14-17)30(35)36)29(25(33)23(20)32)27-28-15(3)24(39-27)26(34)37-5-2/h4,6-12,14,21,31H,1,5,13H2,2-3H3/b22-20+. The lowest BCUT2D eigenvalue weighted by Gasteiger charge is -2.22. The zero-order valence-electron chi connectivity index (χ0n) is 20.9. The molecule has 1 fully saturated rings. The lowest BCUT2D eigenvalue weighted by molar-refractivity contribution is -0.384. The third-order valence-corrected chi connectivity index (χ3v) is 6.93. The van der Waals surface area contributed by atoms with Crippen molar-refractivity contribution in [1.82, 2.24) is 4.98 Å². The summed E-state index contributed by atoms with van der Waals surface area (Å²) in [6, 6.07) is 10.3. The summed E-state index contributed by atoms with van der Waals surface area (Å²) in [4.78, 5) is 55.5. The smallest absolute Gasteiger partial charge is 0.350 e. The SMILES string of the molecule is C=CCOc1ccc(/C(O)=C2\C(=O)C(=O)N(c3nc(C)c(C(=O)OCC)s3)C2c2cccc([N+](=O)[O-])c2)cc1. The van der Waals surface area contributed by atoms with Crippen molar-refractivity contribution in [3.05, 3.63) is 98.6 Å². The highest BCUT2D eigenvalue weighted by atomic mass is 32.1. The number of benzene rings is 2. The number of rotatable bonds is 9. The number of non-ortho nitro benzene ring substituents is 1. The van der Waals surface area contributed by atoms with Crippen LogP contribution in [0.4, 0.5) is 10.8 Å². The van der Waals surface area contributed by atoms with E-state index in [0.29, 0.717) is 5.75 Å². The average molecular weight is 550 g/mol. The molecule has 0 aliphatic carbocycles. The summed E-state index contributed by atoms with van der Waals surface area (Å²) in [5.41, 5.74) is 0.136. The topological polar surface area (TPSA) is 149 Å². The molecule has 1 atom stereocenters. The Kier molecular flexibility index (Phi) is 7.86. The Morgan fingerprint density at radius 1 is 1.26 bits per heavy atom. The molecule has 0 bridgehead atoms. The molecule has 2 aromatic carbocycles. The van der Waals surface area contributed by atoms with Gasteiger partial charge in [-0.1, -0.05) is 36.1 Å². The van der Waals surface area contributed by atoms with E-state index in [-0.39, 0.29) is 51.3 Å². The van der Waals surface area contributed by atoms with E-state index in [1.807, 2.05) is 0 Å². The molecule has 4 rings (SSSR count). The summed E-state index contributed by atoms with van der Waals surface area (Å²) in [6.07, 6.45) is 1.57. The molecule has 2 heterocycles. The Hall–Kier alpha value is -4.84. The number of thiazole rings is 1. The van der Waals surface area contributed by atoms with Gasteiger partial charge >= 0.3 is 11.9 Å². The van der Waals surface area contributed by atoms with Crippen LogP contribution in [0.25, 0.3) is 5.76 Å². The molecule has 0 spiro atoms. The van der Waals surface area contributed by atoms with Crippen molar-refractivity contribution in [2.75, 3.05) is 18.1 Å². The molecule has 1 saturated heterocycles. The summed E-state index contributed by atoms with van der Waals surface area (Å²) in [5, 5.41) is 22.8. The highest BCUT2D eigenvalue weighted by Gasteiger charge is 2.48. The van der Waals surface area contributed by atoms with E-state index in [1.54, 1.807) is 32.1 Å². The minimum Gasteiger partial charge on any atom is -0.507 e. The van der Waals surface area contributed by atoms with Crippen molar-refractivity contribution in [2.45, 2.75) is 19.9 Å². The van der Waals surface area contributed by atoms with Crippen molar-refractivity contribution in [1.29, 1.82) is 0 Å². The summed E-state index contributed by atoms with van der Waals surface area (Å²) >= 11 is 0.843. The van der Waals surface area contributed by atoms with Crippen LogP contribution in [0, 0.1) is 17.0 Å². The van der Waals surface area contributed by atoms with Crippen molar-refractivity contribution in [3.8, 4) is 5.75 Å². The van der Waals surface area contributed by atoms with E-state index in [9.17, 15) is 29.6 Å². The van der Waals surface area contributed by atoms with E-state index >= 15 is 0 Å². The van der Waals surface area contributed by atoms with E-state index < -0.39 is 34.4 Å². The number of ketones is 1. The first-order chi connectivity index (χ1) is 18.7. The Bertz CT molecular complexity index is 1510. The summed E-state index contributed by atoms with van der Waals surface area (Å²) in [7, 11) is 0. The highest BCUT2D eigenvalue weighted by Crippen LogP contribution is 2.44. The number of carbonyl (C=O) groups is 3. The molecule has 0 saturated carbocycles. The number of aliphatic hydroxyl groups excluding tert-OH is 1. The van der Waals surface area contributed by atoms with Crippen LogP contribution in [-0.2, 0) is 14.3 Å². The number of Topliss-reactive ketones (excluding diaryl/α,β-unsaturated/α-hetero) is 1. The summed E-state index contributed by atoms with van der Waals surface area (Å²) in [6.45, 7) is 7.18. The van der Waals surface area contributed by atoms with Crippen LogP contribution in [0.1, 0.15) is 39.5 Å². The second-order valence-corrected chi connectivity index (χ2v) is 9.25. The molecule has 200 valence electrons. The van der Waals surface area contributed by atoms with Crippen LogP contribution < -0.4 is 9.64 Å². The zero-order chi connectivity index (χ0) is 28.3. The molecule has 1 aromatic heterocycles. The van der Waals surface area contributed by atoms with Gasteiger partial charge in [-0.2, -0.15) is 0 Å². The number of hydrogen-bond donors (Lipinski definition) is 1. The van der Waals surface area contributed by atoms with E-state index in [1.165, 1.54) is 36.4 Å². The van der Waals surface area contributed by atoms with Gasteiger partial charge in [-0.25, -0.2) is 9.78 Å². The predicted octanol–water partition coefficient (Wildman–Crippen LogP) is 4.73. The number of aromatic nitrogens is 1. The summed E-state index contributed by atoms with van der Waals surface area (Å²) < 4.78 is 10.5. The number of aryl methyl sites for hydroxylation is 1. The van der Waals surface area contributed by atoms with Gasteiger partial charge in [0.25, 0.3) is 11.5 Å². The van der Waals surface area contributed by atoms with Crippen LogP contribution in [0.2, 0.25) is 0 Å². The number of aliphatic hydroxyl groups is 1. The monoisotopic (exact) mass is 549 g/mol. The van der Waals surface area contributed by atoms with Crippen LogP contribution in [-0.4, -0.2) is 45.9 Å². The molecule has 1 amide bonds. The Labute approximate surface area is 226 Å². The lowest BCUT2D eigenvalue weighted by Crippen LogP contribution is -2.29. The molecule has 1 aliphatic heterocycles. The maximum atomic E-state index is 13.4. The van der Waals surface area contributed by atoms with Crippen LogP contribution in [0.3, 0.4) is 0 Å². The third kappa shape index (κ3) is 5.27. The molecule has 1 aliphatic rings. The highest BCUT2D eigenvalue weighted by molar-refractivity contribution is 7.17. The largest absolute Gasteiger partial charge is 0.507 e. The Morgan fingerprint density at radius 3 is 2.62 bits per heavy atom.